The number of esters is 1. The maximum Gasteiger partial charge on any atom is 0.341 e. The van der Waals surface area contributed by atoms with Crippen LogP contribution in [0, 0.1) is 0 Å². The number of methoxy groups -OCH3 is 1. The van der Waals surface area contributed by atoms with Crippen molar-refractivity contribution in [2.75, 3.05) is 18.2 Å². The number of carbonyl (C=O) groups is 2. The van der Waals surface area contributed by atoms with Gasteiger partial charge in [0.25, 0.3) is 5.56 Å². The molecule has 0 spiro atoms. The molecule has 0 aliphatic heterocycles. The molecular weight excluding hydrogens is 402 g/mol. The smallest absolute Gasteiger partial charge is 0.341 e. The molecular formula is C18H15N3O5S2. The normalized spacial score (nSPS) is 10.5. The van der Waals surface area contributed by atoms with Gasteiger partial charge in [0.1, 0.15) is 10.6 Å². The van der Waals surface area contributed by atoms with Crippen molar-refractivity contribution in [3.63, 3.8) is 0 Å². The first kappa shape index (κ1) is 19.6. The second-order valence-corrected chi connectivity index (χ2v) is 7.30. The van der Waals surface area contributed by atoms with Gasteiger partial charge in [0.15, 0.2) is 5.16 Å². The maximum atomic E-state index is 12.3. The van der Waals surface area contributed by atoms with Crippen molar-refractivity contribution in [2.45, 2.75) is 5.16 Å². The highest BCUT2D eigenvalue weighted by atomic mass is 32.2. The number of aromatic amines is 1. The van der Waals surface area contributed by atoms with Gasteiger partial charge in [0, 0.05) is 10.9 Å². The lowest BCUT2D eigenvalue weighted by Crippen LogP contribution is -2.16. The van der Waals surface area contributed by atoms with Crippen LogP contribution in [0.1, 0.15) is 10.4 Å². The zero-order valence-corrected chi connectivity index (χ0v) is 16.2. The second kappa shape index (κ2) is 8.72. The number of anilines is 1. The molecule has 1 amide bonds. The van der Waals surface area contributed by atoms with E-state index in [0.29, 0.717) is 10.6 Å². The highest BCUT2D eigenvalue weighted by molar-refractivity contribution is 7.99. The lowest BCUT2D eigenvalue weighted by Gasteiger charge is -2.07. The van der Waals surface area contributed by atoms with Crippen LogP contribution in [0.2, 0.25) is 0 Å². The van der Waals surface area contributed by atoms with Gasteiger partial charge in [-0.1, -0.05) is 42.1 Å². The molecule has 1 aromatic carbocycles. The molecule has 0 saturated carbocycles. The SMILES string of the molecule is COC(=O)c1c(-c2ccccc2)csc1NC(=O)CSc1nc(O)cc(=O)[nH]1. The third-order valence-electron chi connectivity index (χ3n) is 3.56. The fraction of sp³-hybridized carbons (Fsp3) is 0.111. The van der Waals surface area contributed by atoms with Gasteiger partial charge in [-0.3, -0.25) is 9.59 Å². The largest absolute Gasteiger partial charge is 0.493 e. The Hall–Kier alpha value is -3.11. The molecule has 2 heterocycles. The van der Waals surface area contributed by atoms with E-state index in [1.807, 2.05) is 30.3 Å². The third-order valence-corrected chi connectivity index (χ3v) is 5.33. The number of nitrogens with one attached hydrogen (secondary N) is 2. The summed E-state index contributed by atoms with van der Waals surface area (Å²) in [5.74, 6) is -1.46. The lowest BCUT2D eigenvalue weighted by molar-refractivity contribution is -0.113. The molecule has 3 N–H and O–H groups in total. The van der Waals surface area contributed by atoms with Gasteiger partial charge in [-0.15, -0.1) is 11.3 Å². The quantitative estimate of drug-likeness (QED) is 0.320. The lowest BCUT2D eigenvalue weighted by atomic mass is 10.0. The first-order valence-electron chi connectivity index (χ1n) is 7.96. The number of hydrogen-bond acceptors (Lipinski definition) is 8. The van der Waals surface area contributed by atoms with E-state index in [1.54, 1.807) is 5.38 Å². The Morgan fingerprint density at radius 3 is 2.75 bits per heavy atom. The van der Waals surface area contributed by atoms with Crippen LogP contribution in [-0.4, -0.2) is 39.8 Å². The van der Waals surface area contributed by atoms with Gasteiger partial charge in [-0.25, -0.2) is 4.79 Å². The summed E-state index contributed by atoms with van der Waals surface area (Å²) in [5.41, 5.74) is 1.25. The summed E-state index contributed by atoms with van der Waals surface area (Å²) in [6.07, 6.45) is 0. The van der Waals surface area contributed by atoms with Crippen molar-refractivity contribution in [3.05, 3.63) is 57.7 Å². The molecule has 0 aliphatic rings. The molecule has 2 aromatic heterocycles. The summed E-state index contributed by atoms with van der Waals surface area (Å²) in [6.45, 7) is 0. The number of nitrogens with zero attached hydrogens (tertiary/aromatic N) is 1. The average molecular weight is 417 g/mol. The summed E-state index contributed by atoms with van der Waals surface area (Å²) in [4.78, 5) is 42.0. The van der Waals surface area contributed by atoms with Crippen LogP contribution in [-0.2, 0) is 9.53 Å². The van der Waals surface area contributed by atoms with Gasteiger partial charge in [-0.05, 0) is 5.56 Å². The second-order valence-electron chi connectivity index (χ2n) is 5.46. The third kappa shape index (κ3) is 4.59. The zero-order chi connectivity index (χ0) is 20.1. The van der Waals surface area contributed by atoms with E-state index in [4.69, 9.17) is 4.74 Å². The van der Waals surface area contributed by atoms with Gasteiger partial charge in [0.2, 0.25) is 11.8 Å². The Labute approximate surface area is 167 Å². The van der Waals surface area contributed by atoms with Crippen LogP contribution in [0.4, 0.5) is 5.00 Å². The Bertz CT molecular complexity index is 1060. The van der Waals surface area contributed by atoms with Crippen molar-refractivity contribution in [3.8, 4) is 17.0 Å². The van der Waals surface area contributed by atoms with Crippen molar-refractivity contribution in [1.82, 2.24) is 9.97 Å². The van der Waals surface area contributed by atoms with Crippen LogP contribution in [0.5, 0.6) is 5.88 Å². The van der Waals surface area contributed by atoms with Crippen molar-refractivity contribution < 1.29 is 19.4 Å². The number of amides is 1. The molecule has 0 radical (unpaired) electrons. The molecule has 0 aliphatic carbocycles. The summed E-state index contributed by atoms with van der Waals surface area (Å²) >= 11 is 2.16. The van der Waals surface area contributed by atoms with Crippen LogP contribution < -0.4 is 10.9 Å². The number of thioether (sulfide) groups is 1. The number of H-pyrrole nitrogens is 1. The first-order chi connectivity index (χ1) is 13.5. The van der Waals surface area contributed by atoms with E-state index < -0.39 is 23.3 Å². The Morgan fingerprint density at radius 2 is 2.07 bits per heavy atom. The molecule has 0 atom stereocenters. The van der Waals surface area contributed by atoms with Crippen molar-refractivity contribution in [2.24, 2.45) is 0 Å². The Morgan fingerprint density at radius 1 is 1.32 bits per heavy atom. The average Bonchev–Trinajstić information content (AvgIpc) is 3.09. The summed E-state index contributed by atoms with van der Waals surface area (Å²) < 4.78 is 4.87. The Kier molecular flexibility index (Phi) is 6.12. The fourth-order valence-electron chi connectivity index (χ4n) is 2.37. The molecule has 144 valence electrons. The molecule has 10 heteroatoms. The highest BCUT2D eigenvalue weighted by Gasteiger charge is 2.22. The maximum absolute atomic E-state index is 12.3. The molecule has 0 bridgehead atoms. The van der Waals surface area contributed by atoms with Crippen LogP contribution >= 0.6 is 23.1 Å². The monoisotopic (exact) mass is 417 g/mol. The molecule has 0 unspecified atom stereocenters. The van der Waals surface area contributed by atoms with E-state index in [1.165, 1.54) is 18.4 Å². The minimum Gasteiger partial charge on any atom is -0.493 e. The Balaban J connectivity index is 1.78. The number of carbonyl (C=O) groups excluding carboxylic acids is 2. The van der Waals surface area contributed by atoms with E-state index in [-0.39, 0.29) is 16.5 Å². The molecule has 8 nitrogen and oxygen atoms in total. The number of rotatable bonds is 6. The number of benzene rings is 1. The number of hydrogen-bond donors (Lipinski definition) is 3. The van der Waals surface area contributed by atoms with Gasteiger partial charge < -0.3 is 20.1 Å². The fourth-order valence-corrected chi connectivity index (χ4v) is 4.02. The molecule has 28 heavy (non-hydrogen) atoms. The molecule has 3 rings (SSSR count). The van der Waals surface area contributed by atoms with Gasteiger partial charge in [-0.2, -0.15) is 4.98 Å². The van der Waals surface area contributed by atoms with Crippen molar-refractivity contribution in [1.29, 1.82) is 0 Å². The first-order valence-corrected chi connectivity index (χ1v) is 9.82. The molecule has 0 fully saturated rings. The van der Waals surface area contributed by atoms with Crippen molar-refractivity contribution >= 4 is 40.0 Å². The van der Waals surface area contributed by atoms with E-state index >= 15 is 0 Å². The minimum absolute atomic E-state index is 0.0778. The van der Waals surface area contributed by atoms with Gasteiger partial charge in [0.05, 0.1) is 18.9 Å². The predicted octanol–water partition coefficient (Wildman–Crippen LogP) is 2.72. The zero-order valence-electron chi connectivity index (χ0n) is 14.6. The highest BCUT2D eigenvalue weighted by Crippen LogP contribution is 2.36. The van der Waals surface area contributed by atoms with Crippen LogP contribution in [0.15, 0.2) is 51.7 Å². The van der Waals surface area contributed by atoms with E-state index in [9.17, 15) is 19.5 Å². The van der Waals surface area contributed by atoms with Crippen LogP contribution in [0.3, 0.4) is 0 Å². The standard InChI is InChI=1S/C18H15N3O5S2/c1-26-17(25)15-11(10-5-3-2-4-6-10)8-27-16(15)19-14(24)9-28-18-20-12(22)7-13(23)21-18/h2-8H,9H2,1H3,(H,19,24)(H2,20,21,22,23). The number of aromatic nitrogens is 2. The van der Waals surface area contributed by atoms with E-state index in [0.717, 1.165) is 23.4 Å². The van der Waals surface area contributed by atoms with Crippen LogP contribution in [0.25, 0.3) is 11.1 Å². The summed E-state index contributed by atoms with van der Waals surface area (Å²) in [7, 11) is 1.28. The number of aromatic hydroxyl groups is 1. The topological polar surface area (TPSA) is 121 Å². The number of ether oxygens (including phenoxy) is 1. The summed E-state index contributed by atoms with van der Waals surface area (Å²) in [5, 5.41) is 14.3. The summed E-state index contributed by atoms with van der Waals surface area (Å²) in [6, 6.07) is 10.2. The van der Waals surface area contributed by atoms with E-state index in [2.05, 4.69) is 15.3 Å². The van der Waals surface area contributed by atoms with Gasteiger partial charge >= 0.3 is 5.97 Å². The molecule has 0 saturated heterocycles. The minimum atomic E-state index is -0.554. The molecule has 3 aromatic rings. The predicted molar refractivity (Wildman–Crippen MR) is 107 cm³/mol. The number of thiophene rings is 1.